The zero-order valence-corrected chi connectivity index (χ0v) is 7.54. The van der Waals surface area contributed by atoms with Crippen molar-refractivity contribution in [2.24, 2.45) is 11.6 Å². The van der Waals surface area contributed by atoms with Gasteiger partial charge in [-0.1, -0.05) is 6.07 Å². The molecule has 4 N–H and O–H groups in total. The maximum absolute atomic E-state index is 11.2. The number of carbonyl (C=O) groups excluding carboxylic acids is 1. The smallest absolute Gasteiger partial charge is 0.258 e. The molecule has 1 atom stereocenters. The van der Waals surface area contributed by atoms with E-state index in [1.165, 1.54) is 18.4 Å². The second-order valence-corrected chi connectivity index (χ2v) is 3.42. The standard InChI is InChI=1S/C7H11N3OS/c1-10(9)7(11)6(8)5-3-2-4-12-5/h2-4,6H,8-9H2,1H3. The highest BCUT2D eigenvalue weighted by molar-refractivity contribution is 7.10. The van der Waals surface area contributed by atoms with E-state index >= 15 is 0 Å². The van der Waals surface area contributed by atoms with Crippen molar-refractivity contribution >= 4 is 17.2 Å². The van der Waals surface area contributed by atoms with Crippen molar-refractivity contribution < 1.29 is 4.79 Å². The number of hydrogen-bond acceptors (Lipinski definition) is 4. The Bertz CT molecular complexity index is 258. The molecule has 66 valence electrons. The second kappa shape index (κ2) is 3.66. The van der Waals surface area contributed by atoms with Gasteiger partial charge in [0.1, 0.15) is 6.04 Å². The van der Waals surface area contributed by atoms with E-state index in [4.69, 9.17) is 11.6 Å². The monoisotopic (exact) mass is 185 g/mol. The summed E-state index contributed by atoms with van der Waals surface area (Å²) in [5.41, 5.74) is 5.62. The van der Waals surface area contributed by atoms with Crippen LogP contribution in [-0.4, -0.2) is 18.0 Å². The van der Waals surface area contributed by atoms with Gasteiger partial charge in [0.25, 0.3) is 5.91 Å². The van der Waals surface area contributed by atoms with E-state index in [1.54, 1.807) is 0 Å². The SMILES string of the molecule is CN(N)C(=O)C(N)c1cccs1. The highest BCUT2D eigenvalue weighted by Gasteiger charge is 2.18. The first kappa shape index (κ1) is 9.18. The molecule has 1 aromatic heterocycles. The molecule has 0 aliphatic carbocycles. The van der Waals surface area contributed by atoms with Gasteiger partial charge in [-0.05, 0) is 11.4 Å². The van der Waals surface area contributed by atoms with Crippen LogP contribution in [0.1, 0.15) is 10.9 Å². The molecule has 0 bridgehead atoms. The molecule has 0 aromatic carbocycles. The summed E-state index contributed by atoms with van der Waals surface area (Å²) in [5.74, 6) is 4.97. The summed E-state index contributed by atoms with van der Waals surface area (Å²) >= 11 is 1.45. The number of hydrogen-bond donors (Lipinski definition) is 2. The number of rotatable bonds is 2. The van der Waals surface area contributed by atoms with Crippen LogP contribution in [0.15, 0.2) is 17.5 Å². The van der Waals surface area contributed by atoms with Gasteiger partial charge in [0.05, 0.1) is 0 Å². The summed E-state index contributed by atoms with van der Waals surface area (Å²) in [6.45, 7) is 0. The summed E-state index contributed by atoms with van der Waals surface area (Å²) in [6, 6.07) is 3.04. The van der Waals surface area contributed by atoms with Gasteiger partial charge in [-0.15, -0.1) is 11.3 Å². The fourth-order valence-corrected chi connectivity index (χ4v) is 1.53. The van der Waals surface area contributed by atoms with Crippen LogP contribution in [0.25, 0.3) is 0 Å². The van der Waals surface area contributed by atoms with Crippen molar-refractivity contribution in [3.63, 3.8) is 0 Å². The van der Waals surface area contributed by atoms with Crippen molar-refractivity contribution in [2.75, 3.05) is 7.05 Å². The Morgan fingerprint density at radius 2 is 2.42 bits per heavy atom. The van der Waals surface area contributed by atoms with Gasteiger partial charge in [0, 0.05) is 11.9 Å². The lowest BCUT2D eigenvalue weighted by molar-refractivity contribution is -0.131. The fourth-order valence-electron chi connectivity index (χ4n) is 0.809. The number of likely N-dealkylation sites (N-methyl/N-ethyl adjacent to an activating group) is 1. The average molecular weight is 185 g/mol. The van der Waals surface area contributed by atoms with Crippen LogP contribution in [0, 0.1) is 0 Å². The molecule has 0 spiro atoms. The predicted molar refractivity (Wildman–Crippen MR) is 48.2 cm³/mol. The van der Waals surface area contributed by atoms with Gasteiger partial charge >= 0.3 is 0 Å². The van der Waals surface area contributed by atoms with Gasteiger partial charge < -0.3 is 5.73 Å². The molecule has 1 unspecified atom stereocenters. The first-order chi connectivity index (χ1) is 5.63. The van der Waals surface area contributed by atoms with Crippen molar-refractivity contribution in [1.82, 2.24) is 5.01 Å². The van der Waals surface area contributed by atoms with E-state index in [2.05, 4.69) is 0 Å². The molecule has 0 saturated heterocycles. The Kier molecular flexibility index (Phi) is 2.80. The van der Waals surface area contributed by atoms with Crippen molar-refractivity contribution in [2.45, 2.75) is 6.04 Å². The fraction of sp³-hybridized carbons (Fsp3) is 0.286. The van der Waals surface area contributed by atoms with Gasteiger partial charge in [0.15, 0.2) is 0 Å². The highest BCUT2D eigenvalue weighted by atomic mass is 32.1. The molecule has 4 nitrogen and oxygen atoms in total. The van der Waals surface area contributed by atoms with E-state index in [1.807, 2.05) is 17.5 Å². The van der Waals surface area contributed by atoms with Crippen molar-refractivity contribution in [3.05, 3.63) is 22.4 Å². The van der Waals surface area contributed by atoms with Crippen LogP contribution >= 0.6 is 11.3 Å². The molecule has 1 amide bonds. The number of nitrogens with zero attached hydrogens (tertiary/aromatic N) is 1. The van der Waals surface area contributed by atoms with Crippen LogP contribution in [-0.2, 0) is 4.79 Å². The van der Waals surface area contributed by atoms with E-state index < -0.39 is 6.04 Å². The van der Waals surface area contributed by atoms with E-state index in [9.17, 15) is 4.79 Å². The minimum atomic E-state index is -0.625. The van der Waals surface area contributed by atoms with E-state index in [0.717, 1.165) is 9.89 Å². The number of hydrazine groups is 1. The van der Waals surface area contributed by atoms with Crippen molar-refractivity contribution in [3.8, 4) is 0 Å². The van der Waals surface area contributed by atoms with Gasteiger partial charge in [-0.3, -0.25) is 9.80 Å². The topological polar surface area (TPSA) is 72.3 Å². The van der Waals surface area contributed by atoms with Crippen LogP contribution in [0.3, 0.4) is 0 Å². The van der Waals surface area contributed by atoms with Crippen LogP contribution < -0.4 is 11.6 Å². The Hall–Kier alpha value is -0.910. The highest BCUT2D eigenvalue weighted by Crippen LogP contribution is 2.17. The van der Waals surface area contributed by atoms with Gasteiger partial charge in [-0.2, -0.15) is 0 Å². The molecule has 1 aromatic rings. The Morgan fingerprint density at radius 1 is 1.75 bits per heavy atom. The predicted octanol–water partition coefficient (Wildman–Crippen LogP) is 0.0800. The summed E-state index contributed by atoms with van der Waals surface area (Å²) in [7, 11) is 1.48. The zero-order chi connectivity index (χ0) is 9.14. The van der Waals surface area contributed by atoms with Gasteiger partial charge in [0.2, 0.25) is 0 Å². The minimum absolute atomic E-state index is 0.280. The molecule has 0 aliphatic rings. The molecular weight excluding hydrogens is 174 g/mol. The first-order valence-electron chi connectivity index (χ1n) is 3.44. The number of carbonyl (C=O) groups is 1. The Balaban J connectivity index is 2.72. The summed E-state index contributed by atoms with van der Waals surface area (Å²) < 4.78 is 0. The van der Waals surface area contributed by atoms with Crippen LogP contribution in [0.5, 0.6) is 0 Å². The molecule has 1 heterocycles. The lowest BCUT2D eigenvalue weighted by atomic mass is 10.2. The molecule has 5 heteroatoms. The summed E-state index contributed by atoms with van der Waals surface area (Å²) in [6.07, 6.45) is 0. The second-order valence-electron chi connectivity index (χ2n) is 2.44. The van der Waals surface area contributed by atoms with E-state index in [0.29, 0.717) is 0 Å². The zero-order valence-electron chi connectivity index (χ0n) is 6.73. The molecule has 12 heavy (non-hydrogen) atoms. The van der Waals surface area contributed by atoms with Crippen LogP contribution in [0.2, 0.25) is 0 Å². The molecule has 0 aliphatic heterocycles. The summed E-state index contributed by atoms with van der Waals surface area (Å²) in [4.78, 5) is 12.1. The lowest BCUT2D eigenvalue weighted by Gasteiger charge is -2.14. The molecule has 0 saturated carbocycles. The first-order valence-corrected chi connectivity index (χ1v) is 4.32. The maximum Gasteiger partial charge on any atom is 0.258 e. The maximum atomic E-state index is 11.2. The van der Waals surface area contributed by atoms with Gasteiger partial charge in [-0.25, -0.2) is 5.84 Å². The molecular formula is C7H11N3OS. The third-order valence-corrected chi connectivity index (χ3v) is 2.42. The molecule has 0 radical (unpaired) electrons. The largest absolute Gasteiger partial charge is 0.315 e. The van der Waals surface area contributed by atoms with Crippen LogP contribution in [0.4, 0.5) is 0 Å². The molecule has 0 fully saturated rings. The quantitative estimate of drug-likeness (QED) is 0.389. The lowest BCUT2D eigenvalue weighted by Crippen LogP contribution is -2.39. The Morgan fingerprint density at radius 3 is 2.83 bits per heavy atom. The minimum Gasteiger partial charge on any atom is -0.315 e. The third kappa shape index (κ3) is 1.82. The normalized spacial score (nSPS) is 12.6. The third-order valence-electron chi connectivity index (χ3n) is 1.46. The number of amides is 1. The average Bonchev–Trinajstić information content (AvgIpc) is 2.53. The van der Waals surface area contributed by atoms with E-state index in [-0.39, 0.29) is 5.91 Å². The number of nitrogens with two attached hydrogens (primary N) is 2. The van der Waals surface area contributed by atoms with Crippen molar-refractivity contribution in [1.29, 1.82) is 0 Å². The molecule has 1 rings (SSSR count). The summed E-state index contributed by atoms with van der Waals surface area (Å²) in [5, 5.41) is 2.88. The Labute approximate surface area is 74.7 Å². The number of thiophene rings is 1.